The lowest BCUT2D eigenvalue weighted by atomic mass is 10.2. The summed E-state index contributed by atoms with van der Waals surface area (Å²) in [6, 6.07) is 0. The number of aromatic nitrogens is 4. The molecule has 2 rings (SSSR count). The molecule has 0 aliphatic heterocycles. The molecule has 0 aliphatic rings. The molecule has 0 bridgehead atoms. The first-order valence-corrected chi connectivity index (χ1v) is 5.31. The minimum atomic E-state index is -2.47. The molecule has 0 saturated heterocycles. The van der Waals surface area contributed by atoms with Crippen molar-refractivity contribution in [3.63, 3.8) is 0 Å². The zero-order valence-electron chi connectivity index (χ0n) is 8.32. The Labute approximate surface area is 105 Å². The molecule has 90 valence electrons. The second-order valence-corrected chi connectivity index (χ2v) is 3.92. The lowest BCUT2D eigenvalue weighted by Crippen LogP contribution is -2.06. The Morgan fingerprint density at radius 1 is 1.29 bits per heavy atom. The Morgan fingerprint density at radius 3 is 2.76 bits per heavy atom. The highest BCUT2D eigenvalue weighted by Gasteiger charge is 2.11. The second kappa shape index (κ2) is 4.93. The molecule has 0 unspecified atom stereocenters. The number of alkyl halides is 2. The van der Waals surface area contributed by atoms with E-state index in [9.17, 15) is 8.78 Å². The fourth-order valence-corrected chi connectivity index (χ4v) is 1.61. The Bertz CT molecular complexity index is 529. The van der Waals surface area contributed by atoms with E-state index in [1.807, 2.05) is 0 Å². The van der Waals surface area contributed by atoms with Crippen LogP contribution in [0.5, 0.6) is 0 Å². The van der Waals surface area contributed by atoms with E-state index in [4.69, 9.17) is 23.2 Å². The molecule has 0 radical (unpaired) electrons. The smallest absolute Gasteiger partial charge is 0.257 e. The second-order valence-electron chi connectivity index (χ2n) is 3.18. The van der Waals surface area contributed by atoms with Crippen LogP contribution in [0.2, 0.25) is 10.3 Å². The van der Waals surface area contributed by atoms with Gasteiger partial charge in [0.2, 0.25) is 5.28 Å². The van der Waals surface area contributed by atoms with Gasteiger partial charge in [0.15, 0.2) is 0 Å². The van der Waals surface area contributed by atoms with Crippen LogP contribution in [0.25, 0.3) is 11.3 Å². The number of hydrogen-bond donors (Lipinski definition) is 0. The van der Waals surface area contributed by atoms with Gasteiger partial charge in [-0.1, -0.05) is 11.6 Å². The van der Waals surface area contributed by atoms with Crippen molar-refractivity contribution in [2.24, 2.45) is 0 Å². The Kier molecular flexibility index (Phi) is 3.54. The van der Waals surface area contributed by atoms with Gasteiger partial charge in [0.1, 0.15) is 6.54 Å². The molecule has 0 aromatic carbocycles. The summed E-state index contributed by atoms with van der Waals surface area (Å²) in [5.74, 6) is 0. The van der Waals surface area contributed by atoms with Crippen molar-refractivity contribution in [1.82, 2.24) is 19.7 Å². The van der Waals surface area contributed by atoms with Crippen LogP contribution < -0.4 is 0 Å². The van der Waals surface area contributed by atoms with Gasteiger partial charge in [-0.3, -0.25) is 4.68 Å². The molecule has 8 heteroatoms. The zero-order chi connectivity index (χ0) is 12.4. The number of halogens is 4. The quantitative estimate of drug-likeness (QED) is 0.811. The van der Waals surface area contributed by atoms with E-state index >= 15 is 0 Å². The summed E-state index contributed by atoms with van der Waals surface area (Å²) in [6.07, 6.45) is 1.70. The van der Waals surface area contributed by atoms with Crippen molar-refractivity contribution < 1.29 is 8.78 Å². The Balaban J connectivity index is 2.33. The minimum Gasteiger partial charge on any atom is -0.266 e. The van der Waals surface area contributed by atoms with Crippen molar-refractivity contribution >= 4 is 23.2 Å². The maximum atomic E-state index is 12.1. The summed E-state index contributed by atoms with van der Waals surface area (Å²) in [5, 5.41) is 4.09. The average molecular weight is 279 g/mol. The largest absolute Gasteiger partial charge is 0.266 e. The van der Waals surface area contributed by atoms with Crippen LogP contribution >= 0.6 is 23.2 Å². The van der Waals surface area contributed by atoms with Gasteiger partial charge < -0.3 is 0 Å². The van der Waals surface area contributed by atoms with E-state index < -0.39 is 13.0 Å². The third-order valence-corrected chi connectivity index (χ3v) is 2.41. The van der Waals surface area contributed by atoms with Gasteiger partial charge in [0.05, 0.1) is 23.1 Å². The molecule has 0 atom stereocenters. The fourth-order valence-electron chi connectivity index (χ4n) is 1.28. The molecule has 0 N–H and O–H groups in total. The maximum Gasteiger partial charge on any atom is 0.257 e. The molecular weight excluding hydrogens is 273 g/mol. The lowest BCUT2D eigenvalue weighted by molar-refractivity contribution is 0.122. The first-order chi connectivity index (χ1) is 8.06. The lowest BCUT2D eigenvalue weighted by Gasteiger charge is -2.00. The molecule has 0 aliphatic carbocycles. The van der Waals surface area contributed by atoms with E-state index in [1.165, 1.54) is 18.6 Å². The third-order valence-electron chi connectivity index (χ3n) is 1.95. The summed E-state index contributed by atoms with van der Waals surface area (Å²) < 4.78 is 25.4. The van der Waals surface area contributed by atoms with Crippen molar-refractivity contribution in [3.05, 3.63) is 28.9 Å². The third kappa shape index (κ3) is 2.89. The SMILES string of the molecule is FC(F)Cn1cc(-c2nc(Cl)ncc2Cl)cn1. The monoisotopic (exact) mass is 278 g/mol. The standard InChI is InChI=1S/C9H6Cl2F2N4/c10-6-2-14-9(11)16-8(6)5-1-15-17(3-5)4-7(12)13/h1-3,7H,4H2. The maximum absolute atomic E-state index is 12.1. The molecule has 2 aromatic heterocycles. The van der Waals surface area contributed by atoms with Gasteiger partial charge in [0, 0.05) is 11.8 Å². The summed E-state index contributed by atoms with van der Waals surface area (Å²) in [7, 11) is 0. The van der Waals surface area contributed by atoms with E-state index in [2.05, 4.69) is 15.1 Å². The normalized spacial score (nSPS) is 11.1. The Hall–Kier alpha value is -1.27. The topological polar surface area (TPSA) is 43.6 Å². The van der Waals surface area contributed by atoms with Gasteiger partial charge in [-0.2, -0.15) is 5.10 Å². The molecule has 0 fully saturated rings. The molecule has 0 spiro atoms. The fraction of sp³-hybridized carbons (Fsp3) is 0.222. The van der Waals surface area contributed by atoms with Crippen molar-refractivity contribution in [2.45, 2.75) is 13.0 Å². The van der Waals surface area contributed by atoms with Crippen LogP contribution in [0.15, 0.2) is 18.6 Å². The molecule has 2 aromatic rings. The summed E-state index contributed by atoms with van der Waals surface area (Å²) in [6.45, 7) is -0.476. The number of nitrogens with zero attached hydrogens (tertiary/aromatic N) is 4. The van der Waals surface area contributed by atoms with Crippen LogP contribution in [0.3, 0.4) is 0 Å². The number of hydrogen-bond acceptors (Lipinski definition) is 3. The van der Waals surface area contributed by atoms with Crippen LogP contribution in [-0.2, 0) is 6.54 Å². The van der Waals surface area contributed by atoms with Crippen LogP contribution in [0.1, 0.15) is 0 Å². The van der Waals surface area contributed by atoms with Crippen LogP contribution in [0.4, 0.5) is 8.78 Å². The highest BCUT2D eigenvalue weighted by atomic mass is 35.5. The molecule has 0 saturated carbocycles. The van der Waals surface area contributed by atoms with Crippen LogP contribution in [0, 0.1) is 0 Å². The minimum absolute atomic E-state index is 0.0333. The molecule has 0 amide bonds. The first kappa shape index (κ1) is 12.2. The summed E-state index contributed by atoms with van der Waals surface area (Å²) in [4.78, 5) is 7.61. The zero-order valence-corrected chi connectivity index (χ0v) is 9.83. The summed E-state index contributed by atoms with van der Waals surface area (Å²) in [5.41, 5.74) is 0.882. The van der Waals surface area contributed by atoms with Crippen LogP contribution in [-0.4, -0.2) is 26.2 Å². The highest BCUT2D eigenvalue weighted by molar-refractivity contribution is 6.33. The number of rotatable bonds is 3. The van der Waals surface area contributed by atoms with Gasteiger partial charge in [0.25, 0.3) is 6.43 Å². The average Bonchev–Trinajstić information content (AvgIpc) is 2.69. The van der Waals surface area contributed by atoms with Crippen molar-refractivity contribution in [1.29, 1.82) is 0 Å². The Morgan fingerprint density at radius 2 is 2.06 bits per heavy atom. The van der Waals surface area contributed by atoms with E-state index in [-0.39, 0.29) is 10.3 Å². The first-order valence-electron chi connectivity index (χ1n) is 4.55. The van der Waals surface area contributed by atoms with E-state index in [0.29, 0.717) is 11.3 Å². The summed E-state index contributed by atoms with van der Waals surface area (Å²) >= 11 is 11.5. The van der Waals surface area contributed by atoms with Gasteiger partial charge >= 0.3 is 0 Å². The molecule has 17 heavy (non-hydrogen) atoms. The van der Waals surface area contributed by atoms with Crippen molar-refractivity contribution in [2.75, 3.05) is 0 Å². The predicted molar refractivity (Wildman–Crippen MR) is 59.3 cm³/mol. The van der Waals surface area contributed by atoms with Gasteiger partial charge in [-0.25, -0.2) is 18.7 Å². The molecule has 2 heterocycles. The van der Waals surface area contributed by atoms with Gasteiger partial charge in [-0.15, -0.1) is 0 Å². The molecule has 4 nitrogen and oxygen atoms in total. The molecular formula is C9H6Cl2F2N4. The predicted octanol–water partition coefficient (Wildman–Crippen LogP) is 2.91. The van der Waals surface area contributed by atoms with E-state index in [0.717, 1.165) is 4.68 Å². The van der Waals surface area contributed by atoms with E-state index in [1.54, 1.807) is 0 Å². The van der Waals surface area contributed by atoms with Gasteiger partial charge in [-0.05, 0) is 11.6 Å². The highest BCUT2D eigenvalue weighted by Crippen LogP contribution is 2.25. The van der Waals surface area contributed by atoms with Crippen molar-refractivity contribution in [3.8, 4) is 11.3 Å².